The molecule has 4 rings (SSSR count). The first-order valence-corrected chi connectivity index (χ1v) is 9.11. The number of hydrogen-bond donors (Lipinski definition) is 1. The lowest BCUT2D eigenvalue weighted by atomic mass is 10.3. The molecule has 1 aromatic carbocycles. The fourth-order valence-electron chi connectivity index (χ4n) is 2.37. The van der Waals surface area contributed by atoms with Gasteiger partial charge in [0.15, 0.2) is 5.16 Å². The topological polar surface area (TPSA) is 72.4 Å². The lowest BCUT2D eigenvalue weighted by Crippen LogP contribution is -2.30. The van der Waals surface area contributed by atoms with E-state index < -0.39 is 0 Å². The molecule has 1 unspecified atom stereocenters. The van der Waals surface area contributed by atoms with E-state index in [1.807, 2.05) is 35.6 Å². The van der Waals surface area contributed by atoms with Crippen LogP contribution < -0.4 is 5.32 Å². The SMILES string of the molecule is CC(Sc1nnc2sc3ccccc3n12)C(=O)NCc1ccco1. The lowest BCUT2D eigenvalue weighted by Gasteiger charge is -2.09. The maximum Gasteiger partial charge on any atom is 0.233 e. The Labute approximate surface area is 145 Å². The summed E-state index contributed by atoms with van der Waals surface area (Å²) in [5, 5.41) is 11.8. The van der Waals surface area contributed by atoms with Gasteiger partial charge < -0.3 is 9.73 Å². The molecule has 0 saturated carbocycles. The quantitative estimate of drug-likeness (QED) is 0.554. The van der Waals surface area contributed by atoms with Gasteiger partial charge in [0.1, 0.15) is 5.76 Å². The van der Waals surface area contributed by atoms with Gasteiger partial charge in [0.05, 0.1) is 28.3 Å². The summed E-state index contributed by atoms with van der Waals surface area (Å²) in [6.07, 6.45) is 1.59. The lowest BCUT2D eigenvalue weighted by molar-refractivity contribution is -0.120. The van der Waals surface area contributed by atoms with Crippen molar-refractivity contribution < 1.29 is 9.21 Å². The number of carbonyl (C=O) groups excluding carboxylic acids is 1. The van der Waals surface area contributed by atoms with Gasteiger partial charge in [-0.2, -0.15) is 0 Å². The number of aromatic nitrogens is 3. The van der Waals surface area contributed by atoms with Crippen LogP contribution in [0.3, 0.4) is 0 Å². The molecule has 0 radical (unpaired) electrons. The molecule has 0 spiro atoms. The van der Waals surface area contributed by atoms with Gasteiger partial charge >= 0.3 is 0 Å². The third kappa shape index (κ3) is 2.78. The predicted molar refractivity (Wildman–Crippen MR) is 94.2 cm³/mol. The molecule has 1 N–H and O–H groups in total. The molecule has 4 aromatic rings. The molecule has 24 heavy (non-hydrogen) atoms. The minimum Gasteiger partial charge on any atom is -0.467 e. The third-order valence-electron chi connectivity index (χ3n) is 3.58. The second-order valence-electron chi connectivity index (χ2n) is 5.23. The number of thioether (sulfide) groups is 1. The highest BCUT2D eigenvalue weighted by molar-refractivity contribution is 8.00. The molecular weight excluding hydrogens is 344 g/mol. The van der Waals surface area contributed by atoms with Gasteiger partial charge in [0.2, 0.25) is 10.9 Å². The number of rotatable bonds is 5. The number of fused-ring (bicyclic) bond motifs is 3. The van der Waals surface area contributed by atoms with Crippen LogP contribution in [-0.2, 0) is 11.3 Å². The van der Waals surface area contributed by atoms with Gasteiger partial charge in [-0.25, -0.2) is 0 Å². The van der Waals surface area contributed by atoms with E-state index in [-0.39, 0.29) is 11.2 Å². The summed E-state index contributed by atoms with van der Waals surface area (Å²) in [5.74, 6) is 0.668. The molecule has 6 nitrogen and oxygen atoms in total. The number of amides is 1. The minimum atomic E-state index is -0.286. The van der Waals surface area contributed by atoms with E-state index in [4.69, 9.17) is 4.42 Å². The summed E-state index contributed by atoms with van der Waals surface area (Å²) < 4.78 is 8.37. The van der Waals surface area contributed by atoms with E-state index in [9.17, 15) is 4.79 Å². The molecule has 0 fully saturated rings. The Bertz CT molecular complexity index is 990. The third-order valence-corrected chi connectivity index (χ3v) is 5.63. The van der Waals surface area contributed by atoms with Crippen molar-refractivity contribution in [1.82, 2.24) is 19.9 Å². The molecule has 0 aliphatic rings. The van der Waals surface area contributed by atoms with E-state index in [0.29, 0.717) is 6.54 Å². The molecule has 0 aliphatic heterocycles. The van der Waals surface area contributed by atoms with Crippen LogP contribution in [0.4, 0.5) is 0 Å². The van der Waals surface area contributed by atoms with Crippen LogP contribution in [0.15, 0.2) is 52.2 Å². The van der Waals surface area contributed by atoms with E-state index in [2.05, 4.69) is 21.6 Å². The average molecular weight is 358 g/mol. The number of benzene rings is 1. The summed E-state index contributed by atoms with van der Waals surface area (Å²) in [4.78, 5) is 13.1. The molecular formula is C16H14N4O2S2. The highest BCUT2D eigenvalue weighted by atomic mass is 32.2. The largest absolute Gasteiger partial charge is 0.467 e. The van der Waals surface area contributed by atoms with Gasteiger partial charge in [0, 0.05) is 0 Å². The van der Waals surface area contributed by atoms with E-state index in [1.54, 1.807) is 23.7 Å². The zero-order chi connectivity index (χ0) is 16.5. The number of carbonyl (C=O) groups is 1. The number of nitrogens with one attached hydrogen (secondary N) is 1. The average Bonchev–Trinajstić information content (AvgIpc) is 3.30. The van der Waals surface area contributed by atoms with Gasteiger partial charge in [-0.1, -0.05) is 35.2 Å². The fraction of sp³-hybridized carbons (Fsp3) is 0.188. The first-order chi connectivity index (χ1) is 11.7. The molecule has 8 heteroatoms. The second kappa shape index (κ2) is 6.29. The Morgan fingerprint density at radius 3 is 3.04 bits per heavy atom. The van der Waals surface area contributed by atoms with Crippen LogP contribution in [0.5, 0.6) is 0 Å². The fourth-order valence-corrected chi connectivity index (χ4v) is 4.28. The van der Waals surface area contributed by atoms with Crippen molar-refractivity contribution in [2.45, 2.75) is 23.9 Å². The normalized spacial score (nSPS) is 12.7. The molecule has 0 saturated heterocycles. The van der Waals surface area contributed by atoms with Crippen LogP contribution in [0.1, 0.15) is 12.7 Å². The van der Waals surface area contributed by atoms with Crippen molar-refractivity contribution in [2.75, 3.05) is 0 Å². The van der Waals surface area contributed by atoms with E-state index in [0.717, 1.165) is 26.1 Å². The number of furan rings is 1. The number of nitrogens with zero attached hydrogens (tertiary/aromatic N) is 3. The molecule has 0 bridgehead atoms. The maximum atomic E-state index is 12.3. The molecule has 3 aromatic heterocycles. The molecule has 3 heterocycles. The Morgan fingerprint density at radius 1 is 1.33 bits per heavy atom. The van der Waals surface area contributed by atoms with Gasteiger partial charge in [-0.3, -0.25) is 9.20 Å². The van der Waals surface area contributed by atoms with Gasteiger partial charge in [-0.05, 0) is 31.2 Å². The first kappa shape index (κ1) is 15.2. The monoisotopic (exact) mass is 358 g/mol. The van der Waals surface area contributed by atoms with Crippen LogP contribution in [0.25, 0.3) is 15.2 Å². The summed E-state index contributed by atoms with van der Waals surface area (Å²) in [7, 11) is 0. The highest BCUT2D eigenvalue weighted by Gasteiger charge is 2.20. The minimum absolute atomic E-state index is 0.0623. The second-order valence-corrected chi connectivity index (χ2v) is 7.54. The molecule has 1 atom stereocenters. The summed E-state index contributed by atoms with van der Waals surface area (Å²) in [6, 6.07) is 11.7. The zero-order valence-electron chi connectivity index (χ0n) is 12.8. The summed E-state index contributed by atoms with van der Waals surface area (Å²) >= 11 is 2.99. The molecule has 0 aliphatic carbocycles. The van der Waals surface area contributed by atoms with Gasteiger partial charge in [0.25, 0.3) is 0 Å². The summed E-state index contributed by atoms with van der Waals surface area (Å²) in [5.41, 5.74) is 1.06. The van der Waals surface area contributed by atoms with Crippen LogP contribution in [0, 0.1) is 0 Å². The van der Waals surface area contributed by atoms with Crippen molar-refractivity contribution >= 4 is 44.2 Å². The van der Waals surface area contributed by atoms with E-state index >= 15 is 0 Å². The van der Waals surface area contributed by atoms with E-state index in [1.165, 1.54) is 11.8 Å². The Hall–Kier alpha value is -2.32. The number of para-hydroxylation sites is 1. The smallest absolute Gasteiger partial charge is 0.233 e. The van der Waals surface area contributed by atoms with Crippen molar-refractivity contribution in [1.29, 1.82) is 0 Å². The van der Waals surface area contributed by atoms with Crippen molar-refractivity contribution in [3.63, 3.8) is 0 Å². The Kier molecular flexibility index (Phi) is 3.99. The summed E-state index contributed by atoms with van der Waals surface area (Å²) in [6.45, 7) is 2.24. The van der Waals surface area contributed by atoms with Gasteiger partial charge in [-0.15, -0.1) is 10.2 Å². The Morgan fingerprint density at radius 2 is 2.21 bits per heavy atom. The van der Waals surface area contributed by atoms with Crippen LogP contribution in [0.2, 0.25) is 0 Å². The maximum absolute atomic E-state index is 12.3. The molecule has 122 valence electrons. The van der Waals surface area contributed by atoms with Crippen LogP contribution in [-0.4, -0.2) is 25.8 Å². The van der Waals surface area contributed by atoms with Crippen molar-refractivity contribution in [3.05, 3.63) is 48.4 Å². The molecule has 1 amide bonds. The Balaban J connectivity index is 1.52. The standard InChI is InChI=1S/C16H14N4O2S2/c1-10(14(21)17-9-11-5-4-8-22-11)23-15-18-19-16-20(15)12-6-2-3-7-13(12)24-16/h2-8,10H,9H2,1H3,(H,17,21). The first-order valence-electron chi connectivity index (χ1n) is 7.42. The highest BCUT2D eigenvalue weighted by Crippen LogP contribution is 2.31. The van der Waals surface area contributed by atoms with Crippen molar-refractivity contribution in [2.24, 2.45) is 0 Å². The van der Waals surface area contributed by atoms with Crippen molar-refractivity contribution in [3.8, 4) is 0 Å². The predicted octanol–water partition coefficient (Wildman–Crippen LogP) is 3.33. The number of hydrogen-bond acceptors (Lipinski definition) is 6. The number of thiazole rings is 1. The van der Waals surface area contributed by atoms with Crippen LogP contribution >= 0.6 is 23.1 Å². The zero-order valence-corrected chi connectivity index (χ0v) is 14.4.